The first-order valence-corrected chi connectivity index (χ1v) is 19.3. The number of fused-ring (bicyclic) bond motifs is 11. The van der Waals surface area contributed by atoms with Gasteiger partial charge in [-0.1, -0.05) is 103 Å². The third kappa shape index (κ3) is 4.83. The molecule has 2 N–H and O–H groups in total. The molecule has 0 amide bonds. The van der Waals surface area contributed by atoms with E-state index >= 15 is 0 Å². The van der Waals surface area contributed by atoms with Crippen molar-refractivity contribution in [1.29, 1.82) is 5.41 Å². The molecule has 0 unspecified atom stereocenters. The maximum absolute atomic E-state index is 9.16. The van der Waals surface area contributed by atoms with Crippen molar-refractivity contribution < 1.29 is 4.42 Å². The molecule has 0 bridgehead atoms. The maximum atomic E-state index is 9.16. The fraction of sp³-hybridized carbons (Fsp3) is 0. The van der Waals surface area contributed by atoms with Gasteiger partial charge in [0.1, 0.15) is 11.2 Å². The molecular formula is C51H32N6O. The van der Waals surface area contributed by atoms with Crippen LogP contribution in [0.5, 0.6) is 0 Å². The zero-order valence-corrected chi connectivity index (χ0v) is 31.0. The van der Waals surface area contributed by atoms with Crippen LogP contribution in [0.3, 0.4) is 0 Å². The zero-order valence-electron chi connectivity index (χ0n) is 31.0. The number of hydrogen-bond acceptors (Lipinski definition) is 3. The standard InChI is InChI=1S/C51H32N6O/c52-50(55-51-53-41-18-8-4-16-39(41)48(54-51)32-24-27-37-36-15-7-11-21-45(36)58-46(37)30-32)31-22-25-34(26-23-31)57-42-19-9-5-14-35(42)38-28-29-44-47(49(38)57)40-17-6-10-20-43(40)56(44)33-12-2-1-3-13-33/h1-30H,(H2,52,53,54,55). The largest absolute Gasteiger partial charge is 0.456 e. The smallest absolute Gasteiger partial charge is 0.229 e. The summed E-state index contributed by atoms with van der Waals surface area (Å²) in [6.45, 7) is 0. The molecule has 0 aliphatic carbocycles. The second kappa shape index (κ2) is 12.5. The van der Waals surface area contributed by atoms with Crippen LogP contribution in [-0.2, 0) is 0 Å². The van der Waals surface area contributed by atoms with E-state index in [2.05, 4.69) is 135 Å². The molecule has 12 rings (SSSR count). The van der Waals surface area contributed by atoms with E-state index in [4.69, 9.17) is 19.8 Å². The molecule has 0 saturated carbocycles. The molecule has 0 saturated heterocycles. The topological polar surface area (TPSA) is 87.9 Å². The van der Waals surface area contributed by atoms with E-state index in [-0.39, 0.29) is 5.84 Å². The zero-order chi connectivity index (χ0) is 38.3. The van der Waals surface area contributed by atoms with Gasteiger partial charge in [0.2, 0.25) is 5.62 Å². The summed E-state index contributed by atoms with van der Waals surface area (Å²) in [7, 11) is 0. The van der Waals surface area contributed by atoms with Crippen LogP contribution in [0.2, 0.25) is 0 Å². The summed E-state index contributed by atoms with van der Waals surface area (Å²) in [6, 6.07) is 62.8. The number of furan rings is 1. The summed E-state index contributed by atoms with van der Waals surface area (Å²) in [5.74, 6) is 0.111. The van der Waals surface area contributed by atoms with E-state index in [0.29, 0.717) is 11.2 Å². The van der Waals surface area contributed by atoms with Gasteiger partial charge in [-0.3, -0.25) is 5.41 Å². The fourth-order valence-corrected chi connectivity index (χ4v) is 8.83. The fourth-order valence-electron chi connectivity index (χ4n) is 8.83. The van der Waals surface area contributed by atoms with Gasteiger partial charge >= 0.3 is 0 Å². The van der Waals surface area contributed by atoms with Crippen molar-refractivity contribution in [2.24, 2.45) is 4.99 Å². The normalized spacial score (nSPS) is 12.3. The first-order chi connectivity index (χ1) is 28.7. The van der Waals surface area contributed by atoms with Crippen LogP contribution in [0.15, 0.2) is 191 Å². The second-order valence-corrected chi connectivity index (χ2v) is 14.7. The Kier molecular flexibility index (Phi) is 6.94. The lowest BCUT2D eigenvalue weighted by molar-refractivity contribution is 0.669. The van der Waals surface area contributed by atoms with Gasteiger partial charge in [-0.2, -0.15) is 4.99 Å². The summed E-state index contributed by atoms with van der Waals surface area (Å²) < 4.78 is 11.0. The molecule has 8 aromatic carbocycles. The molecule has 12 aromatic rings. The molecule has 0 aliphatic rings. The van der Waals surface area contributed by atoms with E-state index in [1.807, 2.05) is 60.7 Å². The molecule has 4 heterocycles. The monoisotopic (exact) mass is 744 g/mol. The molecule has 0 spiro atoms. The first-order valence-electron chi connectivity index (χ1n) is 19.3. The Hall–Kier alpha value is -8.03. The molecule has 0 radical (unpaired) electrons. The van der Waals surface area contributed by atoms with Crippen LogP contribution in [0.25, 0.3) is 99.1 Å². The highest BCUT2D eigenvalue weighted by atomic mass is 16.3. The van der Waals surface area contributed by atoms with Crippen LogP contribution < -0.4 is 5.62 Å². The van der Waals surface area contributed by atoms with Crippen LogP contribution in [0.4, 0.5) is 0 Å². The lowest BCUT2D eigenvalue weighted by Gasteiger charge is -2.11. The van der Waals surface area contributed by atoms with Crippen molar-refractivity contribution in [2.75, 3.05) is 0 Å². The summed E-state index contributed by atoms with van der Waals surface area (Å²) in [4.78, 5) is 13.1. The number of para-hydroxylation sites is 5. The van der Waals surface area contributed by atoms with E-state index in [1.165, 1.54) is 21.5 Å². The number of amidine groups is 1. The van der Waals surface area contributed by atoms with Gasteiger partial charge in [0.05, 0.1) is 33.3 Å². The van der Waals surface area contributed by atoms with Crippen molar-refractivity contribution in [3.05, 3.63) is 193 Å². The molecule has 7 heteroatoms. The lowest BCUT2D eigenvalue weighted by atomic mass is 10.0. The Morgan fingerprint density at radius 1 is 0.517 bits per heavy atom. The van der Waals surface area contributed by atoms with Gasteiger partial charge in [-0.15, -0.1) is 0 Å². The van der Waals surface area contributed by atoms with Crippen LogP contribution in [0, 0.1) is 5.41 Å². The van der Waals surface area contributed by atoms with Crippen molar-refractivity contribution in [2.45, 2.75) is 0 Å². The van der Waals surface area contributed by atoms with E-state index in [9.17, 15) is 0 Å². The second-order valence-electron chi connectivity index (χ2n) is 14.7. The Labute approximate surface area is 330 Å². The minimum atomic E-state index is 0.111. The van der Waals surface area contributed by atoms with E-state index in [0.717, 1.165) is 77.5 Å². The molecular weight excluding hydrogens is 713 g/mol. The quantitative estimate of drug-likeness (QED) is 0.139. The van der Waals surface area contributed by atoms with Gasteiger partial charge in [0.15, 0.2) is 5.84 Å². The third-order valence-corrected chi connectivity index (χ3v) is 11.4. The average molecular weight is 745 g/mol. The highest BCUT2D eigenvalue weighted by Gasteiger charge is 2.21. The molecule has 0 fully saturated rings. The molecule has 0 atom stereocenters. The molecule has 272 valence electrons. The number of benzene rings is 8. The minimum Gasteiger partial charge on any atom is -0.456 e. The summed E-state index contributed by atoms with van der Waals surface area (Å²) in [5.41, 5.74) is 12.0. The number of nitrogens with one attached hydrogen (secondary N) is 2. The van der Waals surface area contributed by atoms with Crippen LogP contribution >= 0.6 is 0 Å². The lowest BCUT2D eigenvalue weighted by Crippen LogP contribution is -2.17. The molecule has 0 aliphatic heterocycles. The molecule has 58 heavy (non-hydrogen) atoms. The van der Waals surface area contributed by atoms with Crippen LogP contribution in [0.1, 0.15) is 5.56 Å². The Morgan fingerprint density at radius 3 is 1.98 bits per heavy atom. The minimum absolute atomic E-state index is 0.111. The number of hydrogen-bond donors (Lipinski definition) is 2. The van der Waals surface area contributed by atoms with Gasteiger partial charge in [0.25, 0.3) is 0 Å². The number of nitrogens with zero attached hydrogens (tertiary/aromatic N) is 4. The average Bonchev–Trinajstić information content (AvgIpc) is 3.94. The van der Waals surface area contributed by atoms with Crippen molar-refractivity contribution in [3.63, 3.8) is 0 Å². The van der Waals surface area contributed by atoms with Gasteiger partial charge in [0, 0.05) is 60.2 Å². The predicted octanol–water partition coefficient (Wildman–Crippen LogP) is 12.2. The number of aromatic amines is 1. The number of H-pyrrole nitrogens is 1. The highest BCUT2D eigenvalue weighted by molar-refractivity contribution is 6.26. The van der Waals surface area contributed by atoms with Crippen molar-refractivity contribution in [3.8, 4) is 22.6 Å². The first kappa shape index (κ1) is 32.2. The molecule has 4 aromatic heterocycles. The van der Waals surface area contributed by atoms with Crippen molar-refractivity contribution >= 4 is 82.3 Å². The van der Waals surface area contributed by atoms with E-state index < -0.39 is 0 Å². The Balaban J connectivity index is 0.986. The molecule has 7 nitrogen and oxygen atoms in total. The Bertz CT molecular complexity index is 3700. The van der Waals surface area contributed by atoms with Gasteiger partial charge in [-0.25, -0.2) is 4.98 Å². The Morgan fingerprint density at radius 2 is 1.16 bits per heavy atom. The SMILES string of the molecule is N=C(N=c1nc(-c2ccc3c(c2)oc2ccccc23)c2ccccc2[nH]1)c1ccc(-n2c3ccccc3c3ccc4c(c5ccccc5n4-c4ccccc4)c32)cc1. The van der Waals surface area contributed by atoms with Gasteiger partial charge < -0.3 is 18.5 Å². The summed E-state index contributed by atoms with van der Waals surface area (Å²) in [6.07, 6.45) is 0. The van der Waals surface area contributed by atoms with Gasteiger partial charge in [-0.05, 0) is 78.9 Å². The maximum Gasteiger partial charge on any atom is 0.229 e. The summed E-state index contributed by atoms with van der Waals surface area (Å²) in [5, 5.41) is 17.0. The number of aromatic nitrogens is 4. The third-order valence-electron chi connectivity index (χ3n) is 11.4. The number of rotatable bonds is 4. The van der Waals surface area contributed by atoms with Crippen LogP contribution in [-0.4, -0.2) is 24.9 Å². The summed E-state index contributed by atoms with van der Waals surface area (Å²) >= 11 is 0. The van der Waals surface area contributed by atoms with Crippen molar-refractivity contribution in [1.82, 2.24) is 19.1 Å². The van der Waals surface area contributed by atoms with E-state index in [1.54, 1.807) is 0 Å². The highest BCUT2D eigenvalue weighted by Crippen LogP contribution is 2.42. The predicted molar refractivity (Wildman–Crippen MR) is 236 cm³/mol.